The molecule has 0 aliphatic carbocycles. The number of carbonyl (C=O) groups is 1. The van der Waals surface area contributed by atoms with E-state index in [4.69, 9.17) is 16.2 Å². The van der Waals surface area contributed by atoms with E-state index in [1.54, 1.807) is 6.08 Å². The molecule has 4 nitrogen and oxygen atoms in total. The van der Waals surface area contributed by atoms with E-state index in [0.29, 0.717) is 11.3 Å². The van der Waals surface area contributed by atoms with E-state index in [2.05, 4.69) is 38.1 Å². The van der Waals surface area contributed by atoms with Crippen LogP contribution in [0.4, 0.5) is 5.69 Å². The highest BCUT2D eigenvalue weighted by Gasteiger charge is 2.14. The van der Waals surface area contributed by atoms with Crippen molar-refractivity contribution in [2.45, 2.75) is 20.3 Å². The predicted molar refractivity (Wildman–Crippen MR) is 129 cm³/mol. The van der Waals surface area contributed by atoms with Crippen LogP contribution in [0.3, 0.4) is 0 Å². The van der Waals surface area contributed by atoms with Gasteiger partial charge in [-0.15, -0.1) is 0 Å². The lowest BCUT2D eigenvalue weighted by molar-refractivity contribution is -0.131. The Hall–Kier alpha value is -3.92. The zero-order valence-electron chi connectivity index (χ0n) is 17.7. The number of nitrogens with one attached hydrogen (secondary N) is 1. The van der Waals surface area contributed by atoms with Gasteiger partial charge in [-0.05, 0) is 65.0 Å². The minimum atomic E-state index is -0.974. The number of anilines is 1. The molecule has 31 heavy (non-hydrogen) atoms. The first-order valence-corrected chi connectivity index (χ1v) is 10.1. The average molecular weight is 411 g/mol. The second kappa shape index (κ2) is 9.72. The van der Waals surface area contributed by atoms with Gasteiger partial charge in [-0.25, -0.2) is 4.79 Å². The number of carboxylic acid groups (broad SMARTS) is 1. The van der Waals surface area contributed by atoms with Gasteiger partial charge in [-0.3, -0.25) is 0 Å². The van der Waals surface area contributed by atoms with Crippen LogP contribution in [0, 0.1) is 12.3 Å². The highest BCUT2D eigenvalue weighted by atomic mass is 16.4. The zero-order chi connectivity index (χ0) is 22.4. The lowest BCUT2D eigenvalue weighted by Crippen LogP contribution is -1.99. The molecule has 156 valence electrons. The molecule has 0 heterocycles. The Morgan fingerprint density at radius 2 is 1.58 bits per heavy atom. The Kier molecular flexibility index (Phi) is 6.83. The molecule has 0 aromatic heterocycles. The van der Waals surface area contributed by atoms with Gasteiger partial charge in [0.25, 0.3) is 0 Å². The number of hydrogen-bond acceptors (Lipinski definition) is 3. The molecule has 0 atom stereocenters. The molecule has 0 unspecified atom stereocenters. The van der Waals surface area contributed by atoms with Gasteiger partial charge in [0.1, 0.15) is 0 Å². The molecule has 0 aliphatic rings. The number of rotatable bonds is 7. The van der Waals surface area contributed by atoms with Crippen molar-refractivity contribution < 1.29 is 9.90 Å². The third kappa shape index (κ3) is 5.17. The van der Waals surface area contributed by atoms with E-state index in [1.165, 1.54) is 17.4 Å². The number of nitrogens with two attached hydrogens (primary N) is 1. The Labute approximate surface area is 182 Å². The Morgan fingerprint density at radius 3 is 2.16 bits per heavy atom. The Morgan fingerprint density at radius 1 is 0.968 bits per heavy atom. The van der Waals surface area contributed by atoms with Crippen LogP contribution in [0.5, 0.6) is 0 Å². The number of nitrogen functional groups attached to an aromatic ring is 1. The quantitative estimate of drug-likeness (QED) is 0.192. The first-order chi connectivity index (χ1) is 14.9. The third-order valence-corrected chi connectivity index (χ3v) is 5.20. The summed E-state index contributed by atoms with van der Waals surface area (Å²) < 4.78 is 0. The molecule has 0 amide bonds. The maximum Gasteiger partial charge on any atom is 0.328 e. The number of hydrogen-bond donors (Lipinski definition) is 3. The van der Waals surface area contributed by atoms with Crippen molar-refractivity contribution in [3.8, 4) is 0 Å². The average Bonchev–Trinajstić information content (AvgIpc) is 2.78. The van der Waals surface area contributed by atoms with Crippen LogP contribution in [0.25, 0.3) is 17.2 Å². The summed E-state index contributed by atoms with van der Waals surface area (Å²) in [4.78, 5) is 10.8. The lowest BCUT2D eigenvalue weighted by Gasteiger charge is -2.17. The molecule has 4 heteroatoms. The fraction of sp³-hybridized carbons (Fsp3) is 0.111. The second-order valence-corrected chi connectivity index (χ2v) is 7.35. The molecule has 0 fully saturated rings. The summed E-state index contributed by atoms with van der Waals surface area (Å²) in [6.07, 6.45) is 4.80. The summed E-state index contributed by atoms with van der Waals surface area (Å²) in [6.45, 7) is 4.20. The van der Waals surface area contributed by atoms with Crippen molar-refractivity contribution in [2.24, 2.45) is 0 Å². The standard InChI is InChI=1S/C27H26N2O2/c1-3-24(20-9-4-18(2)5-10-20)27(22-13-14-25(29)23(16-22)17-28)21-11-6-19(7-12-21)8-15-26(30)31/h4-17,28H,3,29H2,1-2H3,(H,30,31)/b15-8+,27-24+,28-17?. The highest BCUT2D eigenvalue weighted by molar-refractivity contribution is 6.00. The third-order valence-electron chi connectivity index (χ3n) is 5.20. The summed E-state index contributed by atoms with van der Waals surface area (Å²) in [6, 6.07) is 22.1. The summed E-state index contributed by atoms with van der Waals surface area (Å²) in [5.41, 5.74) is 14.7. The van der Waals surface area contributed by atoms with E-state index < -0.39 is 5.97 Å². The molecule has 3 aromatic carbocycles. The van der Waals surface area contributed by atoms with Crippen molar-refractivity contribution >= 4 is 35.1 Å². The van der Waals surface area contributed by atoms with Crippen molar-refractivity contribution in [1.29, 1.82) is 5.41 Å². The van der Waals surface area contributed by atoms with Gasteiger partial charge < -0.3 is 16.2 Å². The monoisotopic (exact) mass is 410 g/mol. The van der Waals surface area contributed by atoms with Crippen LogP contribution < -0.4 is 5.73 Å². The number of benzene rings is 3. The number of aryl methyl sites for hydroxylation is 1. The van der Waals surface area contributed by atoms with Gasteiger partial charge in [0.15, 0.2) is 0 Å². The van der Waals surface area contributed by atoms with Gasteiger partial charge in [0.2, 0.25) is 0 Å². The van der Waals surface area contributed by atoms with Crippen LogP contribution in [0.15, 0.2) is 72.8 Å². The molecule has 0 radical (unpaired) electrons. The van der Waals surface area contributed by atoms with E-state index in [9.17, 15) is 4.79 Å². The number of carboxylic acids is 1. The summed E-state index contributed by atoms with van der Waals surface area (Å²) in [5, 5.41) is 16.6. The molecule has 0 aliphatic heterocycles. The number of allylic oxidation sites excluding steroid dienone is 1. The van der Waals surface area contributed by atoms with Gasteiger partial charge in [-0.1, -0.05) is 67.1 Å². The van der Waals surface area contributed by atoms with Crippen molar-refractivity contribution in [1.82, 2.24) is 0 Å². The maximum atomic E-state index is 10.8. The fourth-order valence-electron chi connectivity index (χ4n) is 3.58. The molecule has 3 aromatic rings. The molecular weight excluding hydrogens is 384 g/mol. The van der Waals surface area contributed by atoms with E-state index >= 15 is 0 Å². The lowest BCUT2D eigenvalue weighted by atomic mass is 9.87. The molecular formula is C27H26N2O2. The predicted octanol–water partition coefficient (Wildman–Crippen LogP) is 6.04. The van der Waals surface area contributed by atoms with Crippen LogP contribution in [-0.4, -0.2) is 17.3 Å². The minimum absolute atomic E-state index is 0.570. The largest absolute Gasteiger partial charge is 0.478 e. The smallest absolute Gasteiger partial charge is 0.328 e. The van der Waals surface area contributed by atoms with Crippen LogP contribution in [0.1, 0.15) is 46.7 Å². The van der Waals surface area contributed by atoms with E-state index in [-0.39, 0.29) is 0 Å². The van der Waals surface area contributed by atoms with Crippen LogP contribution in [-0.2, 0) is 4.79 Å². The van der Waals surface area contributed by atoms with Gasteiger partial charge in [-0.2, -0.15) is 0 Å². The summed E-state index contributed by atoms with van der Waals surface area (Å²) >= 11 is 0. The van der Waals surface area contributed by atoms with Crippen LogP contribution >= 0.6 is 0 Å². The van der Waals surface area contributed by atoms with E-state index in [0.717, 1.165) is 40.3 Å². The molecule has 0 saturated carbocycles. The number of aliphatic carboxylic acids is 1. The van der Waals surface area contributed by atoms with Crippen LogP contribution in [0.2, 0.25) is 0 Å². The highest BCUT2D eigenvalue weighted by Crippen LogP contribution is 2.35. The van der Waals surface area contributed by atoms with Gasteiger partial charge in [0, 0.05) is 23.5 Å². The molecule has 0 saturated heterocycles. The Balaban J connectivity index is 2.22. The van der Waals surface area contributed by atoms with Crippen molar-refractivity contribution in [3.63, 3.8) is 0 Å². The molecule has 0 bridgehead atoms. The normalized spacial score (nSPS) is 11.9. The first-order valence-electron chi connectivity index (χ1n) is 10.1. The fourth-order valence-corrected chi connectivity index (χ4v) is 3.58. The van der Waals surface area contributed by atoms with Gasteiger partial charge in [0.05, 0.1) is 0 Å². The minimum Gasteiger partial charge on any atom is -0.478 e. The van der Waals surface area contributed by atoms with E-state index in [1.807, 2.05) is 42.5 Å². The topological polar surface area (TPSA) is 87.2 Å². The SMILES string of the molecule is CC/C(=C(/c1ccc(/C=C/C(=O)O)cc1)c1ccc(N)c(C=N)c1)c1ccc(C)cc1. The molecule has 0 spiro atoms. The molecule has 4 N–H and O–H groups in total. The zero-order valence-corrected chi connectivity index (χ0v) is 17.7. The van der Waals surface area contributed by atoms with Crippen molar-refractivity contribution in [3.05, 3.63) is 106 Å². The molecule has 3 rings (SSSR count). The van der Waals surface area contributed by atoms with Crippen molar-refractivity contribution in [2.75, 3.05) is 5.73 Å². The summed E-state index contributed by atoms with van der Waals surface area (Å²) in [5.74, 6) is -0.974. The second-order valence-electron chi connectivity index (χ2n) is 7.35. The summed E-state index contributed by atoms with van der Waals surface area (Å²) in [7, 11) is 0. The Bertz CT molecular complexity index is 1150. The first kappa shape index (κ1) is 21.8. The maximum absolute atomic E-state index is 10.8. The van der Waals surface area contributed by atoms with Gasteiger partial charge >= 0.3 is 5.97 Å².